The van der Waals surface area contributed by atoms with Crippen molar-refractivity contribution in [2.45, 2.75) is 30.8 Å². The number of aliphatic hydroxyl groups is 3. The van der Waals surface area contributed by atoms with Gasteiger partial charge in [0, 0.05) is 33.6 Å². The molecule has 0 aromatic heterocycles. The molecule has 0 aromatic carbocycles. The molecule has 6 heteroatoms. The molecular weight excluding hydrogens is 210 g/mol. The number of fused-ring (bicyclic) bond motifs is 1. The molecule has 6 nitrogen and oxygen atoms in total. The van der Waals surface area contributed by atoms with Crippen molar-refractivity contribution < 1.29 is 15.3 Å². The van der Waals surface area contributed by atoms with Crippen molar-refractivity contribution in [1.29, 1.82) is 0 Å². The number of hydrogen-bond acceptors (Lipinski definition) is 6. The molecule has 0 unspecified atom stereocenters. The summed E-state index contributed by atoms with van der Waals surface area (Å²) in [5.41, 5.74) is 0.884. The van der Waals surface area contributed by atoms with Gasteiger partial charge in [0.1, 0.15) is 0 Å². The van der Waals surface area contributed by atoms with Gasteiger partial charge >= 0.3 is 0 Å². The summed E-state index contributed by atoms with van der Waals surface area (Å²) in [7, 11) is 3.66. The van der Waals surface area contributed by atoms with E-state index >= 15 is 0 Å². The van der Waals surface area contributed by atoms with Crippen LogP contribution >= 0.6 is 0 Å². The summed E-state index contributed by atoms with van der Waals surface area (Å²) in [6, 6.07) is -0.351. The zero-order valence-electron chi connectivity index (χ0n) is 9.61. The van der Waals surface area contributed by atoms with Crippen LogP contribution in [-0.4, -0.2) is 82.5 Å². The Labute approximate surface area is 94.8 Å². The van der Waals surface area contributed by atoms with Crippen LogP contribution in [-0.2, 0) is 0 Å². The average Bonchev–Trinajstić information content (AvgIpc) is 2.41. The minimum absolute atomic E-state index is 0.351. The SMILES string of the molecule is CN(C)/N=C1\C[C@@H](O)[C@@H]2[C@H](O)[C@H](O)CN2C1. The van der Waals surface area contributed by atoms with E-state index in [0.717, 1.165) is 5.71 Å². The second kappa shape index (κ2) is 4.29. The number of piperidine rings is 1. The average molecular weight is 229 g/mol. The van der Waals surface area contributed by atoms with Crippen molar-refractivity contribution in [1.82, 2.24) is 9.91 Å². The molecule has 0 radical (unpaired) electrons. The molecule has 2 heterocycles. The van der Waals surface area contributed by atoms with Crippen molar-refractivity contribution in [3.05, 3.63) is 0 Å². The standard InChI is InChI=1S/C10H19N3O3/c1-12(2)11-6-3-7(14)9-10(16)8(15)5-13(9)4-6/h7-10,14-16H,3-5H2,1-2H3/b11-6+/t7-,8-,9-,10-/m1/s1. The second-order valence-corrected chi connectivity index (χ2v) is 4.76. The van der Waals surface area contributed by atoms with Crippen molar-refractivity contribution >= 4 is 5.71 Å². The van der Waals surface area contributed by atoms with Gasteiger partial charge in [0.15, 0.2) is 0 Å². The van der Waals surface area contributed by atoms with E-state index in [-0.39, 0.29) is 6.04 Å². The fourth-order valence-corrected chi connectivity index (χ4v) is 2.57. The van der Waals surface area contributed by atoms with Gasteiger partial charge in [-0.3, -0.25) is 4.90 Å². The molecule has 0 bridgehead atoms. The normalized spacial score (nSPS) is 42.4. The van der Waals surface area contributed by atoms with Crippen LogP contribution in [0.3, 0.4) is 0 Å². The molecule has 92 valence electrons. The van der Waals surface area contributed by atoms with Gasteiger partial charge in [-0.1, -0.05) is 0 Å². The third-order valence-electron chi connectivity index (χ3n) is 3.15. The third-order valence-corrected chi connectivity index (χ3v) is 3.15. The minimum atomic E-state index is -0.851. The van der Waals surface area contributed by atoms with E-state index < -0.39 is 18.3 Å². The van der Waals surface area contributed by atoms with E-state index in [9.17, 15) is 15.3 Å². The topological polar surface area (TPSA) is 79.5 Å². The van der Waals surface area contributed by atoms with Gasteiger partial charge in [0.2, 0.25) is 0 Å². The summed E-state index contributed by atoms with van der Waals surface area (Å²) in [6.45, 7) is 1.00. The number of nitrogens with zero attached hydrogens (tertiary/aromatic N) is 3. The third kappa shape index (κ3) is 2.06. The van der Waals surface area contributed by atoms with Gasteiger partial charge in [0.25, 0.3) is 0 Å². The summed E-state index contributed by atoms with van der Waals surface area (Å²) in [5, 5.41) is 35.2. The molecule has 3 N–H and O–H groups in total. The molecular formula is C10H19N3O3. The highest BCUT2D eigenvalue weighted by Crippen LogP contribution is 2.27. The van der Waals surface area contributed by atoms with Crippen molar-refractivity contribution in [3.63, 3.8) is 0 Å². The first-order chi connectivity index (χ1) is 7.49. The Balaban J connectivity index is 2.12. The zero-order chi connectivity index (χ0) is 11.9. The molecule has 16 heavy (non-hydrogen) atoms. The molecule has 2 aliphatic heterocycles. The summed E-state index contributed by atoms with van der Waals surface area (Å²) in [6.07, 6.45) is -1.81. The van der Waals surface area contributed by atoms with E-state index in [0.29, 0.717) is 19.5 Å². The van der Waals surface area contributed by atoms with Gasteiger partial charge in [0.05, 0.1) is 30.1 Å². The van der Waals surface area contributed by atoms with E-state index in [4.69, 9.17) is 0 Å². The van der Waals surface area contributed by atoms with E-state index in [2.05, 4.69) is 5.10 Å². The first kappa shape index (κ1) is 11.8. The van der Waals surface area contributed by atoms with E-state index in [1.54, 1.807) is 5.01 Å². The van der Waals surface area contributed by atoms with Crippen molar-refractivity contribution in [3.8, 4) is 0 Å². The van der Waals surface area contributed by atoms with E-state index in [1.807, 2.05) is 19.0 Å². The zero-order valence-corrected chi connectivity index (χ0v) is 9.61. The number of hydrogen-bond donors (Lipinski definition) is 3. The maximum Gasteiger partial charge on any atom is 0.0991 e. The van der Waals surface area contributed by atoms with Crippen LogP contribution in [0.4, 0.5) is 0 Å². The first-order valence-corrected chi connectivity index (χ1v) is 5.51. The van der Waals surface area contributed by atoms with Crippen LogP contribution in [0.5, 0.6) is 0 Å². The predicted molar refractivity (Wildman–Crippen MR) is 59.1 cm³/mol. The van der Waals surface area contributed by atoms with Crippen LogP contribution in [0.25, 0.3) is 0 Å². The highest BCUT2D eigenvalue weighted by molar-refractivity contribution is 5.87. The molecule has 0 aromatic rings. The Morgan fingerprint density at radius 1 is 1.25 bits per heavy atom. The lowest BCUT2D eigenvalue weighted by Gasteiger charge is -2.35. The molecule has 2 rings (SSSR count). The van der Waals surface area contributed by atoms with Crippen LogP contribution in [0.1, 0.15) is 6.42 Å². The summed E-state index contributed by atoms with van der Waals surface area (Å²) >= 11 is 0. The van der Waals surface area contributed by atoms with Crippen LogP contribution < -0.4 is 0 Å². The summed E-state index contributed by atoms with van der Waals surface area (Å²) in [4.78, 5) is 1.89. The lowest BCUT2D eigenvalue weighted by molar-refractivity contribution is -0.0114. The Hall–Kier alpha value is -0.690. The fraction of sp³-hybridized carbons (Fsp3) is 0.900. The highest BCUT2D eigenvalue weighted by Gasteiger charge is 2.46. The van der Waals surface area contributed by atoms with E-state index in [1.165, 1.54) is 0 Å². The second-order valence-electron chi connectivity index (χ2n) is 4.76. The molecule has 0 spiro atoms. The smallest absolute Gasteiger partial charge is 0.0991 e. The molecule has 0 saturated carbocycles. The molecule has 0 aliphatic carbocycles. The van der Waals surface area contributed by atoms with Crippen LogP contribution in [0.2, 0.25) is 0 Å². The lowest BCUT2D eigenvalue weighted by atomic mass is 9.96. The Morgan fingerprint density at radius 2 is 1.94 bits per heavy atom. The van der Waals surface area contributed by atoms with Crippen LogP contribution in [0, 0.1) is 0 Å². The monoisotopic (exact) mass is 229 g/mol. The fourth-order valence-electron chi connectivity index (χ4n) is 2.57. The first-order valence-electron chi connectivity index (χ1n) is 5.51. The molecule has 2 aliphatic rings. The van der Waals surface area contributed by atoms with Crippen molar-refractivity contribution in [2.75, 3.05) is 27.2 Å². The number of hydrazone groups is 1. The highest BCUT2D eigenvalue weighted by atomic mass is 16.3. The van der Waals surface area contributed by atoms with Crippen LogP contribution in [0.15, 0.2) is 5.10 Å². The maximum absolute atomic E-state index is 9.94. The summed E-state index contributed by atoms with van der Waals surface area (Å²) < 4.78 is 0. The Kier molecular flexibility index (Phi) is 3.16. The van der Waals surface area contributed by atoms with Gasteiger partial charge in [-0.05, 0) is 0 Å². The van der Waals surface area contributed by atoms with Gasteiger partial charge in [-0.15, -0.1) is 0 Å². The minimum Gasteiger partial charge on any atom is -0.391 e. The Morgan fingerprint density at radius 3 is 2.56 bits per heavy atom. The maximum atomic E-state index is 9.94. The number of rotatable bonds is 1. The van der Waals surface area contributed by atoms with Gasteiger partial charge < -0.3 is 20.3 Å². The molecule has 4 atom stereocenters. The number of aliphatic hydroxyl groups excluding tert-OH is 3. The quantitative estimate of drug-likeness (QED) is 0.457. The largest absolute Gasteiger partial charge is 0.391 e. The predicted octanol–water partition coefficient (Wildman–Crippen LogP) is -1.93. The van der Waals surface area contributed by atoms with Gasteiger partial charge in [-0.2, -0.15) is 5.10 Å². The van der Waals surface area contributed by atoms with Gasteiger partial charge in [-0.25, -0.2) is 0 Å². The Bertz CT molecular complexity index is 295. The molecule has 2 fully saturated rings. The molecule has 2 saturated heterocycles. The summed E-state index contributed by atoms with van der Waals surface area (Å²) in [5.74, 6) is 0. The van der Waals surface area contributed by atoms with Crippen molar-refractivity contribution in [2.24, 2.45) is 5.10 Å². The molecule has 0 amide bonds. The lowest BCUT2D eigenvalue weighted by Crippen LogP contribution is -2.52.